The van der Waals surface area contributed by atoms with Crippen LogP contribution < -0.4 is 0 Å². The summed E-state index contributed by atoms with van der Waals surface area (Å²) in [6, 6.07) is 5.22. The standard InChI is InChI=1S/C9H11NO2/c1-2-7-3-4-9(11)8(5-7)6-10-12/h3-6,11-12H,2H2,1H3/b10-6+. The average Bonchev–Trinajstić information content (AvgIpc) is 2.09. The van der Waals surface area contributed by atoms with Gasteiger partial charge in [0.15, 0.2) is 0 Å². The normalized spacial score (nSPS) is 10.8. The maximum absolute atomic E-state index is 9.26. The van der Waals surface area contributed by atoms with Crippen LogP contribution in [0.25, 0.3) is 0 Å². The average molecular weight is 165 g/mol. The third-order valence-electron chi connectivity index (χ3n) is 1.70. The Labute approximate surface area is 71.0 Å². The van der Waals surface area contributed by atoms with Crippen LogP contribution in [0.4, 0.5) is 0 Å². The van der Waals surface area contributed by atoms with Crippen LogP contribution >= 0.6 is 0 Å². The van der Waals surface area contributed by atoms with E-state index in [2.05, 4.69) is 5.16 Å². The van der Waals surface area contributed by atoms with E-state index in [1.807, 2.05) is 13.0 Å². The van der Waals surface area contributed by atoms with Gasteiger partial charge in [-0.3, -0.25) is 0 Å². The summed E-state index contributed by atoms with van der Waals surface area (Å²) in [6.07, 6.45) is 2.11. The highest BCUT2D eigenvalue weighted by Gasteiger charge is 1.98. The Balaban J connectivity index is 3.08. The van der Waals surface area contributed by atoms with Crippen molar-refractivity contribution in [2.75, 3.05) is 0 Å². The van der Waals surface area contributed by atoms with Gasteiger partial charge in [-0.2, -0.15) is 0 Å². The lowest BCUT2D eigenvalue weighted by molar-refractivity contribution is 0.321. The first-order valence-corrected chi connectivity index (χ1v) is 3.77. The maximum atomic E-state index is 9.26. The number of aromatic hydroxyl groups is 1. The summed E-state index contributed by atoms with van der Waals surface area (Å²) in [6.45, 7) is 2.02. The first kappa shape index (κ1) is 8.59. The number of nitrogens with zero attached hydrogens (tertiary/aromatic N) is 1. The molecule has 1 rings (SSSR count). The summed E-state index contributed by atoms with van der Waals surface area (Å²) in [5.41, 5.74) is 1.64. The number of phenolic OH excluding ortho intramolecular Hbond substituents is 1. The molecule has 0 amide bonds. The highest BCUT2D eigenvalue weighted by molar-refractivity contribution is 5.83. The number of benzene rings is 1. The van der Waals surface area contributed by atoms with Crippen LogP contribution in [-0.2, 0) is 6.42 Å². The molecule has 0 aliphatic carbocycles. The van der Waals surface area contributed by atoms with Gasteiger partial charge in [-0.05, 0) is 24.1 Å². The minimum atomic E-state index is 0.130. The molecule has 0 heterocycles. The molecule has 0 saturated carbocycles. The predicted octanol–water partition coefficient (Wildman–Crippen LogP) is 1.76. The van der Waals surface area contributed by atoms with Crippen molar-refractivity contribution in [1.82, 2.24) is 0 Å². The molecule has 1 aromatic carbocycles. The van der Waals surface area contributed by atoms with Crippen LogP contribution in [0.1, 0.15) is 18.1 Å². The Bertz CT molecular complexity index is 295. The second-order valence-corrected chi connectivity index (χ2v) is 2.49. The maximum Gasteiger partial charge on any atom is 0.124 e. The lowest BCUT2D eigenvalue weighted by Gasteiger charge is -2.00. The predicted molar refractivity (Wildman–Crippen MR) is 46.9 cm³/mol. The van der Waals surface area contributed by atoms with Crippen LogP contribution in [0.5, 0.6) is 5.75 Å². The molecule has 1 aromatic rings. The van der Waals surface area contributed by atoms with E-state index in [0.29, 0.717) is 5.56 Å². The van der Waals surface area contributed by atoms with Crippen molar-refractivity contribution in [2.45, 2.75) is 13.3 Å². The minimum absolute atomic E-state index is 0.130. The highest BCUT2D eigenvalue weighted by Crippen LogP contribution is 2.16. The first-order chi connectivity index (χ1) is 5.77. The van der Waals surface area contributed by atoms with Crippen molar-refractivity contribution >= 4 is 6.21 Å². The van der Waals surface area contributed by atoms with Crippen molar-refractivity contribution in [3.05, 3.63) is 29.3 Å². The Morgan fingerprint density at radius 1 is 1.50 bits per heavy atom. The van der Waals surface area contributed by atoms with E-state index < -0.39 is 0 Å². The molecule has 64 valence electrons. The molecule has 0 unspecified atom stereocenters. The molecule has 0 aromatic heterocycles. The van der Waals surface area contributed by atoms with Gasteiger partial charge in [-0.15, -0.1) is 0 Å². The third-order valence-corrected chi connectivity index (χ3v) is 1.70. The number of oxime groups is 1. The summed E-state index contributed by atoms with van der Waals surface area (Å²) in [5.74, 6) is 0.130. The molecule has 0 fully saturated rings. The monoisotopic (exact) mass is 165 g/mol. The Morgan fingerprint density at radius 2 is 2.25 bits per heavy atom. The summed E-state index contributed by atoms with van der Waals surface area (Å²) in [4.78, 5) is 0. The number of hydrogen-bond acceptors (Lipinski definition) is 3. The molecule has 0 spiro atoms. The second-order valence-electron chi connectivity index (χ2n) is 2.49. The van der Waals surface area contributed by atoms with Crippen molar-refractivity contribution in [2.24, 2.45) is 5.16 Å². The smallest absolute Gasteiger partial charge is 0.124 e. The van der Waals surface area contributed by atoms with Gasteiger partial charge in [0.05, 0.1) is 6.21 Å². The number of hydrogen-bond donors (Lipinski definition) is 2. The molecule has 12 heavy (non-hydrogen) atoms. The second kappa shape index (κ2) is 3.76. The molecule has 0 bridgehead atoms. The molecule has 0 radical (unpaired) electrons. The summed E-state index contributed by atoms with van der Waals surface area (Å²) < 4.78 is 0. The quantitative estimate of drug-likeness (QED) is 0.398. The third kappa shape index (κ3) is 1.75. The Kier molecular flexibility index (Phi) is 2.69. The van der Waals surface area contributed by atoms with Crippen molar-refractivity contribution in [1.29, 1.82) is 0 Å². The number of phenols is 1. The van der Waals surface area contributed by atoms with Gasteiger partial charge in [0.2, 0.25) is 0 Å². The van der Waals surface area contributed by atoms with Gasteiger partial charge in [0.1, 0.15) is 5.75 Å². The largest absolute Gasteiger partial charge is 0.507 e. The SMILES string of the molecule is CCc1ccc(O)c(/C=N/O)c1. The van der Waals surface area contributed by atoms with E-state index in [9.17, 15) is 5.11 Å². The summed E-state index contributed by atoms with van der Waals surface area (Å²) in [7, 11) is 0. The van der Waals surface area contributed by atoms with Crippen molar-refractivity contribution in [3.63, 3.8) is 0 Å². The van der Waals surface area contributed by atoms with Crippen LogP contribution in [0.15, 0.2) is 23.4 Å². The van der Waals surface area contributed by atoms with Gasteiger partial charge in [-0.1, -0.05) is 18.1 Å². The molecule has 0 saturated heterocycles. The fraction of sp³-hybridized carbons (Fsp3) is 0.222. The Morgan fingerprint density at radius 3 is 2.83 bits per heavy atom. The lowest BCUT2D eigenvalue weighted by Crippen LogP contribution is -1.86. The van der Waals surface area contributed by atoms with Crippen LogP contribution in [0, 0.1) is 0 Å². The molecule has 0 atom stereocenters. The lowest BCUT2D eigenvalue weighted by atomic mass is 10.1. The van der Waals surface area contributed by atoms with E-state index >= 15 is 0 Å². The van der Waals surface area contributed by atoms with Gasteiger partial charge >= 0.3 is 0 Å². The molecule has 2 N–H and O–H groups in total. The number of aryl methyl sites for hydroxylation is 1. The van der Waals surface area contributed by atoms with E-state index in [1.165, 1.54) is 6.21 Å². The molecular formula is C9H11NO2. The van der Waals surface area contributed by atoms with Gasteiger partial charge in [0, 0.05) is 5.56 Å². The van der Waals surface area contributed by atoms with Gasteiger partial charge in [0.25, 0.3) is 0 Å². The fourth-order valence-electron chi connectivity index (χ4n) is 0.990. The van der Waals surface area contributed by atoms with Crippen LogP contribution in [0.3, 0.4) is 0 Å². The molecular weight excluding hydrogens is 154 g/mol. The first-order valence-electron chi connectivity index (χ1n) is 3.77. The number of rotatable bonds is 2. The molecule has 3 heteroatoms. The minimum Gasteiger partial charge on any atom is -0.507 e. The van der Waals surface area contributed by atoms with E-state index in [4.69, 9.17) is 5.21 Å². The molecule has 0 aliphatic rings. The van der Waals surface area contributed by atoms with Crippen LogP contribution in [0.2, 0.25) is 0 Å². The van der Waals surface area contributed by atoms with Crippen molar-refractivity contribution in [3.8, 4) is 5.75 Å². The summed E-state index contributed by atoms with van der Waals surface area (Å²) in [5, 5.41) is 20.4. The van der Waals surface area contributed by atoms with Gasteiger partial charge < -0.3 is 10.3 Å². The van der Waals surface area contributed by atoms with E-state index in [1.54, 1.807) is 12.1 Å². The van der Waals surface area contributed by atoms with Gasteiger partial charge in [-0.25, -0.2) is 0 Å². The fourth-order valence-corrected chi connectivity index (χ4v) is 0.990. The zero-order chi connectivity index (χ0) is 8.97. The highest BCUT2D eigenvalue weighted by atomic mass is 16.4. The van der Waals surface area contributed by atoms with Crippen molar-refractivity contribution < 1.29 is 10.3 Å². The molecule has 0 aliphatic heterocycles. The zero-order valence-electron chi connectivity index (χ0n) is 6.86. The zero-order valence-corrected chi connectivity index (χ0v) is 6.86. The van der Waals surface area contributed by atoms with Crippen LogP contribution in [-0.4, -0.2) is 16.5 Å². The van der Waals surface area contributed by atoms with E-state index in [-0.39, 0.29) is 5.75 Å². The van der Waals surface area contributed by atoms with E-state index in [0.717, 1.165) is 12.0 Å². The molecule has 3 nitrogen and oxygen atoms in total. The Hall–Kier alpha value is -1.51. The topological polar surface area (TPSA) is 52.8 Å². The summed E-state index contributed by atoms with van der Waals surface area (Å²) >= 11 is 0.